The standard InChI is InChI=1S/C25H29N3O3/c1-18-5-4-6-21(17-18)28-15-13-27(14-16-28)20-11-9-19(10-12-20)26-24(29)22-7-2-3-8-23(22)25(30)31/h2-6,9-12,17,22-23H,7-8,13-16H2,1H3,(H,26,29)(H,30,31)/p-1. The summed E-state index contributed by atoms with van der Waals surface area (Å²) in [7, 11) is 0. The minimum atomic E-state index is -1.16. The van der Waals surface area contributed by atoms with Crippen LogP contribution in [0.1, 0.15) is 18.4 Å². The van der Waals surface area contributed by atoms with Crippen molar-refractivity contribution in [3.8, 4) is 0 Å². The molecule has 2 aromatic rings. The fourth-order valence-corrected chi connectivity index (χ4v) is 4.40. The van der Waals surface area contributed by atoms with Crippen molar-refractivity contribution in [3.63, 3.8) is 0 Å². The van der Waals surface area contributed by atoms with Gasteiger partial charge in [-0.05, 0) is 61.7 Å². The van der Waals surface area contributed by atoms with Crippen molar-refractivity contribution in [2.45, 2.75) is 19.8 Å². The molecule has 2 aliphatic rings. The highest BCUT2D eigenvalue weighted by atomic mass is 16.4. The van der Waals surface area contributed by atoms with E-state index in [0.29, 0.717) is 18.5 Å². The molecule has 0 bridgehead atoms. The molecule has 2 unspecified atom stereocenters. The van der Waals surface area contributed by atoms with Gasteiger partial charge in [-0.3, -0.25) is 4.79 Å². The molecule has 0 aromatic heterocycles. The van der Waals surface area contributed by atoms with E-state index in [1.54, 1.807) is 6.08 Å². The molecule has 162 valence electrons. The van der Waals surface area contributed by atoms with Gasteiger partial charge in [0.2, 0.25) is 5.91 Å². The molecule has 31 heavy (non-hydrogen) atoms. The number of aryl methyl sites for hydroxylation is 1. The maximum Gasteiger partial charge on any atom is 0.228 e. The fraction of sp³-hybridized carbons (Fsp3) is 0.360. The molecule has 4 rings (SSSR count). The van der Waals surface area contributed by atoms with E-state index in [2.05, 4.69) is 46.3 Å². The Morgan fingerprint density at radius 1 is 0.871 bits per heavy atom. The van der Waals surface area contributed by atoms with E-state index in [1.807, 2.05) is 30.3 Å². The van der Waals surface area contributed by atoms with Crippen molar-refractivity contribution in [1.82, 2.24) is 0 Å². The van der Waals surface area contributed by atoms with Crippen molar-refractivity contribution in [2.75, 3.05) is 41.3 Å². The Balaban J connectivity index is 1.34. The maximum atomic E-state index is 12.6. The predicted octanol–water partition coefficient (Wildman–Crippen LogP) is 2.59. The molecule has 1 heterocycles. The zero-order valence-corrected chi connectivity index (χ0v) is 17.8. The van der Waals surface area contributed by atoms with Crippen LogP contribution < -0.4 is 20.2 Å². The SMILES string of the molecule is Cc1cccc(N2CCN(c3ccc(NC(=O)C4CC=CCC4C(=O)[O-])cc3)CC2)c1. The Morgan fingerprint density at radius 3 is 2.10 bits per heavy atom. The first kappa shape index (κ1) is 21.0. The summed E-state index contributed by atoms with van der Waals surface area (Å²) >= 11 is 0. The zero-order valence-electron chi connectivity index (χ0n) is 17.8. The first-order valence-corrected chi connectivity index (χ1v) is 10.8. The number of carbonyl (C=O) groups excluding carboxylic acids is 2. The Bertz CT molecular complexity index is 962. The highest BCUT2D eigenvalue weighted by molar-refractivity contribution is 5.95. The summed E-state index contributed by atoms with van der Waals surface area (Å²) < 4.78 is 0. The average molecular weight is 419 g/mol. The molecule has 6 nitrogen and oxygen atoms in total. The fourth-order valence-electron chi connectivity index (χ4n) is 4.40. The molecule has 1 aliphatic carbocycles. The first-order chi connectivity index (χ1) is 15.0. The van der Waals surface area contributed by atoms with E-state index in [0.717, 1.165) is 31.9 Å². The number of allylic oxidation sites excluding steroid dienone is 2. The van der Waals surface area contributed by atoms with E-state index in [1.165, 1.54) is 11.3 Å². The summed E-state index contributed by atoms with van der Waals surface area (Å²) in [6, 6.07) is 16.4. The van der Waals surface area contributed by atoms with Gasteiger partial charge in [-0.15, -0.1) is 0 Å². The summed E-state index contributed by atoms with van der Waals surface area (Å²) in [4.78, 5) is 28.7. The average Bonchev–Trinajstić information content (AvgIpc) is 2.79. The molecule has 1 fully saturated rings. The van der Waals surface area contributed by atoms with Crippen LogP contribution in [0.15, 0.2) is 60.7 Å². The summed E-state index contributed by atoms with van der Waals surface area (Å²) in [5.41, 5.74) is 4.34. The summed E-state index contributed by atoms with van der Waals surface area (Å²) in [6.07, 6.45) is 4.43. The van der Waals surface area contributed by atoms with Gasteiger partial charge >= 0.3 is 0 Å². The molecule has 0 spiro atoms. The quantitative estimate of drug-likeness (QED) is 0.756. The van der Waals surface area contributed by atoms with E-state index < -0.39 is 17.8 Å². The van der Waals surface area contributed by atoms with Crippen molar-refractivity contribution in [3.05, 3.63) is 66.2 Å². The van der Waals surface area contributed by atoms with E-state index in [4.69, 9.17) is 0 Å². The monoisotopic (exact) mass is 418 g/mol. The van der Waals surface area contributed by atoms with Gasteiger partial charge < -0.3 is 25.0 Å². The highest BCUT2D eigenvalue weighted by Crippen LogP contribution is 2.27. The van der Waals surface area contributed by atoms with Gasteiger partial charge in [-0.25, -0.2) is 0 Å². The lowest BCUT2D eigenvalue weighted by Gasteiger charge is -2.37. The van der Waals surface area contributed by atoms with Gasteiger partial charge in [0.15, 0.2) is 0 Å². The van der Waals surface area contributed by atoms with Gasteiger partial charge in [-0.1, -0.05) is 24.3 Å². The Labute approximate surface area is 183 Å². The van der Waals surface area contributed by atoms with Gasteiger partial charge in [0, 0.05) is 55.1 Å². The molecule has 1 aliphatic heterocycles. The van der Waals surface area contributed by atoms with Crippen LogP contribution in [0, 0.1) is 18.8 Å². The summed E-state index contributed by atoms with van der Waals surface area (Å²) in [5, 5.41) is 14.2. The molecular formula is C25H28N3O3-. The molecule has 1 amide bonds. The number of carbonyl (C=O) groups is 2. The van der Waals surface area contributed by atoms with E-state index in [9.17, 15) is 14.7 Å². The summed E-state index contributed by atoms with van der Waals surface area (Å²) in [6.45, 7) is 5.90. The number of rotatable bonds is 5. The summed E-state index contributed by atoms with van der Waals surface area (Å²) in [5.74, 6) is -2.79. The van der Waals surface area contributed by atoms with Crippen LogP contribution in [-0.2, 0) is 9.59 Å². The number of anilines is 3. The van der Waals surface area contributed by atoms with Crippen molar-refractivity contribution in [2.24, 2.45) is 11.8 Å². The first-order valence-electron chi connectivity index (χ1n) is 10.8. The lowest BCUT2D eigenvalue weighted by atomic mass is 9.82. The molecule has 1 saturated heterocycles. The number of benzene rings is 2. The van der Waals surface area contributed by atoms with Crippen molar-refractivity contribution >= 4 is 28.9 Å². The number of hydrogen-bond acceptors (Lipinski definition) is 5. The van der Waals surface area contributed by atoms with Crippen LogP contribution in [-0.4, -0.2) is 38.1 Å². The number of nitrogens with zero attached hydrogens (tertiary/aromatic N) is 2. The number of carboxylic acids is 1. The van der Waals surface area contributed by atoms with E-state index >= 15 is 0 Å². The van der Waals surface area contributed by atoms with Crippen LogP contribution in [0.5, 0.6) is 0 Å². The Morgan fingerprint density at radius 2 is 1.48 bits per heavy atom. The third-order valence-corrected chi connectivity index (χ3v) is 6.22. The largest absolute Gasteiger partial charge is 0.550 e. The number of nitrogens with one attached hydrogen (secondary N) is 1. The smallest absolute Gasteiger partial charge is 0.228 e. The topological polar surface area (TPSA) is 75.7 Å². The zero-order chi connectivity index (χ0) is 21.8. The molecular weight excluding hydrogens is 390 g/mol. The van der Waals surface area contributed by atoms with Gasteiger partial charge in [0.25, 0.3) is 0 Å². The maximum absolute atomic E-state index is 12.6. The second-order valence-electron chi connectivity index (χ2n) is 8.32. The predicted molar refractivity (Wildman–Crippen MR) is 121 cm³/mol. The Kier molecular flexibility index (Phi) is 6.26. The number of carboxylic acid groups (broad SMARTS) is 1. The lowest BCUT2D eigenvalue weighted by Crippen LogP contribution is -2.46. The van der Waals surface area contributed by atoms with Crippen molar-refractivity contribution < 1.29 is 14.7 Å². The Hall–Kier alpha value is -3.28. The van der Waals surface area contributed by atoms with Crippen LogP contribution in [0.4, 0.5) is 17.1 Å². The van der Waals surface area contributed by atoms with Crippen LogP contribution in [0.2, 0.25) is 0 Å². The number of aliphatic carboxylic acids is 1. The highest BCUT2D eigenvalue weighted by Gasteiger charge is 2.29. The second kappa shape index (κ2) is 9.25. The molecule has 0 saturated carbocycles. The third kappa shape index (κ3) is 4.90. The molecule has 0 radical (unpaired) electrons. The second-order valence-corrected chi connectivity index (χ2v) is 8.32. The normalized spacial score (nSPS) is 21.1. The van der Waals surface area contributed by atoms with Crippen LogP contribution in [0.3, 0.4) is 0 Å². The molecule has 6 heteroatoms. The molecule has 2 atom stereocenters. The lowest BCUT2D eigenvalue weighted by molar-refractivity contribution is -0.313. The van der Waals surface area contributed by atoms with Crippen LogP contribution >= 0.6 is 0 Å². The van der Waals surface area contributed by atoms with Gasteiger partial charge in [0.1, 0.15) is 0 Å². The van der Waals surface area contributed by atoms with Gasteiger partial charge in [0.05, 0.1) is 5.92 Å². The number of amides is 1. The number of hydrogen-bond donors (Lipinski definition) is 1. The van der Waals surface area contributed by atoms with Crippen molar-refractivity contribution in [1.29, 1.82) is 0 Å². The number of piperazine rings is 1. The minimum absolute atomic E-state index is 0.266. The van der Waals surface area contributed by atoms with Crippen LogP contribution in [0.25, 0.3) is 0 Å². The molecule has 1 N–H and O–H groups in total. The van der Waals surface area contributed by atoms with Gasteiger partial charge in [-0.2, -0.15) is 0 Å². The minimum Gasteiger partial charge on any atom is -0.550 e. The van der Waals surface area contributed by atoms with E-state index in [-0.39, 0.29) is 5.91 Å². The third-order valence-electron chi connectivity index (χ3n) is 6.22. The molecule has 2 aromatic carbocycles.